The van der Waals surface area contributed by atoms with Gasteiger partial charge in [-0.2, -0.15) is 8.78 Å². The second kappa shape index (κ2) is 16.1. The van der Waals surface area contributed by atoms with E-state index >= 15 is 0 Å². The monoisotopic (exact) mass is 553 g/mol. The summed E-state index contributed by atoms with van der Waals surface area (Å²) in [5, 5.41) is 4.92. The van der Waals surface area contributed by atoms with Crippen LogP contribution in [0, 0.1) is 0 Å². The summed E-state index contributed by atoms with van der Waals surface area (Å²) >= 11 is 0. The molecule has 0 aliphatic carbocycles. The molecule has 0 fully saturated rings. The molecular weight excluding hydrogens is 520 g/mol. The minimum Gasteiger partial charge on any atom is -0.459 e. The first-order valence-corrected chi connectivity index (χ1v) is 12.9. The summed E-state index contributed by atoms with van der Waals surface area (Å²) in [7, 11) is 0. The summed E-state index contributed by atoms with van der Waals surface area (Å²) in [6.07, 6.45) is 0.849. The van der Waals surface area contributed by atoms with Crippen molar-refractivity contribution in [3.63, 3.8) is 0 Å². The third kappa shape index (κ3) is 10.5. The Kier molecular flexibility index (Phi) is 12.2. The second-order valence-electron chi connectivity index (χ2n) is 9.13. The van der Waals surface area contributed by atoms with E-state index < -0.39 is 49.1 Å². The van der Waals surface area contributed by atoms with Crippen molar-refractivity contribution in [1.29, 1.82) is 0 Å². The summed E-state index contributed by atoms with van der Waals surface area (Å²) in [4.78, 5) is 38.9. The maximum absolute atomic E-state index is 13.2. The van der Waals surface area contributed by atoms with Crippen LogP contribution in [0.5, 0.6) is 0 Å². The average Bonchev–Trinajstić information content (AvgIpc) is 2.97. The predicted molar refractivity (Wildman–Crippen MR) is 145 cm³/mol. The highest BCUT2D eigenvalue weighted by molar-refractivity contribution is 5.92. The van der Waals surface area contributed by atoms with Crippen LogP contribution in [-0.2, 0) is 43.3 Å². The number of hydrogen-bond acceptors (Lipinski definition) is 6. The highest BCUT2D eigenvalue weighted by Gasteiger charge is 2.30. The van der Waals surface area contributed by atoms with Crippen LogP contribution in [0.1, 0.15) is 23.1 Å². The van der Waals surface area contributed by atoms with Crippen LogP contribution < -0.4 is 16.4 Å². The molecule has 4 N–H and O–H groups in total. The number of carbonyl (C=O) groups excluding carboxylic acids is 3. The Labute approximate surface area is 231 Å². The van der Waals surface area contributed by atoms with Gasteiger partial charge in [-0.15, -0.1) is 0 Å². The Morgan fingerprint density at radius 1 is 0.725 bits per heavy atom. The molecule has 0 aliphatic rings. The van der Waals surface area contributed by atoms with Crippen molar-refractivity contribution in [1.82, 2.24) is 10.6 Å². The van der Waals surface area contributed by atoms with Crippen LogP contribution in [0.2, 0.25) is 0 Å². The predicted octanol–water partition coefficient (Wildman–Crippen LogP) is 3.14. The van der Waals surface area contributed by atoms with Gasteiger partial charge in [0.1, 0.15) is 18.7 Å². The topological polar surface area (TPSA) is 120 Å². The van der Waals surface area contributed by atoms with E-state index in [1.165, 1.54) is 0 Å². The van der Waals surface area contributed by atoms with Crippen molar-refractivity contribution >= 4 is 17.8 Å². The standard InChI is InChI=1S/C30H33F2N3O5/c31-30(32)40-20-26(35-27(36)24(33)17-16-21-10-4-1-5-11-21)28(37)34-25(18-22-12-6-2-7-13-22)29(38)39-19-23-14-8-3-9-15-23/h1-15,24-26,30H,16-20,33H2,(H,34,37)(H,35,36)/t24-,25-,26-/m0/s1. The number of hydrogen-bond donors (Lipinski definition) is 3. The number of rotatable bonds is 15. The molecule has 3 atom stereocenters. The molecule has 2 amide bonds. The molecule has 0 saturated heterocycles. The van der Waals surface area contributed by atoms with Crippen LogP contribution in [0.15, 0.2) is 91.0 Å². The quantitative estimate of drug-likeness (QED) is 0.249. The third-order valence-electron chi connectivity index (χ3n) is 6.05. The summed E-state index contributed by atoms with van der Waals surface area (Å²) in [5.41, 5.74) is 8.46. The number of alkyl halides is 2. The van der Waals surface area contributed by atoms with Gasteiger partial charge in [0.25, 0.3) is 0 Å². The van der Waals surface area contributed by atoms with Crippen molar-refractivity contribution in [2.45, 2.75) is 50.6 Å². The third-order valence-corrected chi connectivity index (χ3v) is 6.05. The number of ether oxygens (including phenoxy) is 2. The Balaban J connectivity index is 1.67. The zero-order valence-electron chi connectivity index (χ0n) is 21.9. The molecular formula is C30H33F2N3O5. The van der Waals surface area contributed by atoms with Crippen LogP contribution in [-0.4, -0.2) is 49.1 Å². The molecule has 3 aromatic rings. The number of nitrogens with one attached hydrogen (secondary N) is 2. The summed E-state index contributed by atoms with van der Waals surface area (Å²) in [5.74, 6) is -2.32. The van der Waals surface area contributed by atoms with Gasteiger partial charge in [0, 0.05) is 6.42 Å². The molecule has 8 nitrogen and oxygen atoms in total. The fourth-order valence-electron chi connectivity index (χ4n) is 3.87. The zero-order chi connectivity index (χ0) is 28.7. The highest BCUT2D eigenvalue weighted by Crippen LogP contribution is 2.09. The molecule has 0 radical (unpaired) electrons. The van der Waals surface area contributed by atoms with Crippen LogP contribution in [0.3, 0.4) is 0 Å². The summed E-state index contributed by atoms with van der Waals surface area (Å²) < 4.78 is 35.4. The maximum Gasteiger partial charge on any atom is 0.345 e. The summed E-state index contributed by atoms with van der Waals surface area (Å²) in [6, 6.07) is 23.6. The number of halogens is 2. The molecule has 0 spiro atoms. The van der Waals surface area contributed by atoms with Gasteiger partial charge < -0.3 is 25.8 Å². The molecule has 40 heavy (non-hydrogen) atoms. The van der Waals surface area contributed by atoms with Gasteiger partial charge >= 0.3 is 12.6 Å². The van der Waals surface area contributed by atoms with Crippen molar-refractivity contribution in [3.05, 3.63) is 108 Å². The first-order chi connectivity index (χ1) is 19.3. The minimum absolute atomic E-state index is 0.0221. The lowest BCUT2D eigenvalue weighted by atomic mass is 10.0. The van der Waals surface area contributed by atoms with E-state index in [9.17, 15) is 23.2 Å². The van der Waals surface area contributed by atoms with E-state index in [1.807, 2.05) is 36.4 Å². The van der Waals surface area contributed by atoms with Crippen molar-refractivity contribution in [3.8, 4) is 0 Å². The van der Waals surface area contributed by atoms with E-state index in [-0.39, 0.29) is 19.4 Å². The largest absolute Gasteiger partial charge is 0.459 e. The lowest BCUT2D eigenvalue weighted by molar-refractivity contribution is -0.153. The van der Waals surface area contributed by atoms with Crippen LogP contribution >= 0.6 is 0 Å². The van der Waals surface area contributed by atoms with Gasteiger partial charge in [0.2, 0.25) is 11.8 Å². The van der Waals surface area contributed by atoms with Gasteiger partial charge in [-0.3, -0.25) is 9.59 Å². The van der Waals surface area contributed by atoms with Gasteiger partial charge in [0.15, 0.2) is 0 Å². The fraction of sp³-hybridized carbons (Fsp3) is 0.300. The second-order valence-corrected chi connectivity index (χ2v) is 9.13. The van der Waals surface area contributed by atoms with E-state index in [4.69, 9.17) is 10.5 Å². The Hall–Kier alpha value is -4.15. The molecule has 0 bridgehead atoms. The number of aryl methyl sites for hydroxylation is 1. The molecule has 0 aromatic heterocycles. The van der Waals surface area contributed by atoms with Crippen molar-refractivity contribution in [2.75, 3.05) is 6.61 Å². The molecule has 3 rings (SSSR count). The van der Waals surface area contributed by atoms with Gasteiger partial charge in [-0.25, -0.2) is 4.79 Å². The lowest BCUT2D eigenvalue weighted by Gasteiger charge is -2.24. The van der Waals surface area contributed by atoms with E-state index in [0.717, 1.165) is 16.7 Å². The van der Waals surface area contributed by atoms with Crippen LogP contribution in [0.4, 0.5) is 8.78 Å². The first-order valence-electron chi connectivity index (χ1n) is 12.9. The molecule has 0 heterocycles. The number of carbonyl (C=O) groups is 3. The number of amides is 2. The number of esters is 1. The first kappa shape index (κ1) is 30.4. The fourth-order valence-corrected chi connectivity index (χ4v) is 3.87. The smallest absolute Gasteiger partial charge is 0.345 e. The number of benzene rings is 3. The molecule has 0 aliphatic heterocycles. The highest BCUT2D eigenvalue weighted by atomic mass is 19.3. The van der Waals surface area contributed by atoms with Gasteiger partial charge in [-0.05, 0) is 29.5 Å². The van der Waals surface area contributed by atoms with E-state index in [0.29, 0.717) is 6.42 Å². The Bertz CT molecular complexity index is 1200. The maximum atomic E-state index is 13.2. The molecule has 0 saturated carbocycles. The zero-order valence-corrected chi connectivity index (χ0v) is 21.9. The molecule has 10 heteroatoms. The normalized spacial score (nSPS) is 13.2. The van der Waals surface area contributed by atoms with Crippen molar-refractivity contribution < 1.29 is 32.6 Å². The Morgan fingerprint density at radius 2 is 1.25 bits per heavy atom. The number of nitrogens with two attached hydrogens (primary N) is 1. The average molecular weight is 554 g/mol. The van der Waals surface area contributed by atoms with Crippen molar-refractivity contribution in [2.24, 2.45) is 5.73 Å². The van der Waals surface area contributed by atoms with Gasteiger partial charge in [-0.1, -0.05) is 91.0 Å². The van der Waals surface area contributed by atoms with Gasteiger partial charge in [0.05, 0.1) is 12.6 Å². The summed E-state index contributed by atoms with van der Waals surface area (Å²) in [6.45, 7) is -4.02. The van der Waals surface area contributed by atoms with Crippen LogP contribution in [0.25, 0.3) is 0 Å². The SMILES string of the molecule is N[C@@H](CCc1ccccc1)C(=O)N[C@@H](COC(F)F)C(=O)N[C@@H](Cc1ccccc1)C(=O)OCc1ccccc1. The minimum atomic E-state index is -3.17. The van der Waals surface area contributed by atoms with E-state index in [2.05, 4.69) is 15.4 Å². The molecule has 0 unspecified atom stereocenters. The molecule has 3 aromatic carbocycles. The molecule has 212 valence electrons. The lowest BCUT2D eigenvalue weighted by Crippen LogP contribution is -2.56. The Morgan fingerprint density at radius 3 is 1.82 bits per heavy atom. The van der Waals surface area contributed by atoms with E-state index in [1.54, 1.807) is 54.6 Å².